The fraction of sp³-hybridized carbons (Fsp3) is 0.368. The molecule has 1 aromatic carbocycles. The molecule has 0 saturated carbocycles. The summed E-state index contributed by atoms with van der Waals surface area (Å²) < 4.78 is 7.67. The topological polar surface area (TPSA) is 107 Å². The summed E-state index contributed by atoms with van der Waals surface area (Å²) in [5.41, 5.74) is 15.6. The van der Waals surface area contributed by atoms with Gasteiger partial charge in [0.25, 0.3) is 0 Å². The van der Waals surface area contributed by atoms with Gasteiger partial charge in [-0.2, -0.15) is 4.98 Å². The van der Waals surface area contributed by atoms with E-state index in [0.717, 1.165) is 42.0 Å². The smallest absolute Gasteiger partial charge is 0.222 e. The minimum Gasteiger partial charge on any atom is -0.496 e. The molecule has 0 radical (unpaired) electrons. The van der Waals surface area contributed by atoms with E-state index >= 15 is 0 Å². The highest BCUT2D eigenvalue weighted by Gasteiger charge is 2.24. The summed E-state index contributed by atoms with van der Waals surface area (Å²) in [4.78, 5) is 10.7. The van der Waals surface area contributed by atoms with Gasteiger partial charge in [-0.15, -0.1) is 0 Å². The number of nitrogen functional groups attached to an aromatic ring is 2. The van der Waals surface area contributed by atoms with Gasteiger partial charge < -0.3 is 26.1 Å². The van der Waals surface area contributed by atoms with E-state index in [-0.39, 0.29) is 5.95 Å². The van der Waals surface area contributed by atoms with Crippen molar-refractivity contribution in [3.8, 4) is 5.75 Å². The number of nitrogens with two attached hydrogens (primary N) is 2. The predicted molar refractivity (Wildman–Crippen MR) is 107 cm³/mol. The summed E-state index contributed by atoms with van der Waals surface area (Å²) in [7, 11) is 3.71. The molecule has 3 aromatic rings. The first-order chi connectivity index (χ1) is 13.1. The molecule has 5 N–H and O–H groups in total. The first-order valence-corrected chi connectivity index (χ1v) is 9.00. The molecule has 2 aromatic heterocycles. The summed E-state index contributed by atoms with van der Waals surface area (Å²) >= 11 is 0. The van der Waals surface area contributed by atoms with E-state index < -0.39 is 0 Å². The van der Waals surface area contributed by atoms with Crippen LogP contribution in [-0.4, -0.2) is 52.7 Å². The van der Waals surface area contributed by atoms with Crippen LogP contribution < -0.4 is 21.5 Å². The second kappa shape index (κ2) is 7.05. The number of fused-ring (bicyclic) bond motifs is 1. The lowest BCUT2D eigenvalue weighted by atomic mass is 10.1. The molecule has 0 unspecified atom stereocenters. The molecule has 27 heavy (non-hydrogen) atoms. The molecule has 4 rings (SSSR count). The van der Waals surface area contributed by atoms with E-state index in [0.29, 0.717) is 18.4 Å². The Morgan fingerprint density at radius 3 is 2.74 bits per heavy atom. The van der Waals surface area contributed by atoms with Crippen LogP contribution in [0.1, 0.15) is 11.1 Å². The zero-order valence-electron chi connectivity index (χ0n) is 15.6. The maximum absolute atomic E-state index is 6.06. The molecule has 0 spiro atoms. The summed E-state index contributed by atoms with van der Waals surface area (Å²) in [5.74, 6) is 1.44. The van der Waals surface area contributed by atoms with Crippen molar-refractivity contribution in [2.24, 2.45) is 0 Å². The molecule has 0 aliphatic carbocycles. The Morgan fingerprint density at radius 1 is 1.19 bits per heavy atom. The average molecular weight is 367 g/mol. The van der Waals surface area contributed by atoms with Crippen LogP contribution in [0.25, 0.3) is 11.0 Å². The first-order valence-electron chi connectivity index (χ1n) is 9.00. The Morgan fingerprint density at radius 2 is 2.00 bits per heavy atom. The van der Waals surface area contributed by atoms with Crippen molar-refractivity contribution in [1.29, 1.82) is 0 Å². The van der Waals surface area contributed by atoms with Gasteiger partial charge in [0.15, 0.2) is 5.82 Å². The molecule has 1 saturated heterocycles. The molecule has 8 nitrogen and oxygen atoms in total. The standard InChI is InChI=1S/C19H25N7O/c1-22-14-10-25(11-14)8-12-3-4-13(16(7-12)27-2)9-26-6-5-15-17(26)18(20)24-19(21)23-15/h3-7,14,22H,8-11H2,1-2H3,(H4,20,21,23,24). The van der Waals surface area contributed by atoms with Crippen LogP contribution in [0, 0.1) is 0 Å². The summed E-state index contributed by atoms with van der Waals surface area (Å²) in [6.45, 7) is 3.72. The highest BCUT2D eigenvalue weighted by molar-refractivity contribution is 5.86. The van der Waals surface area contributed by atoms with Crippen LogP contribution in [0.2, 0.25) is 0 Å². The van der Waals surface area contributed by atoms with E-state index in [9.17, 15) is 0 Å². The SMILES string of the molecule is CNC1CN(Cc2ccc(Cn3ccc4nc(N)nc(N)c43)c(OC)c2)C1. The summed E-state index contributed by atoms with van der Waals surface area (Å²) in [6.07, 6.45) is 1.94. The van der Waals surface area contributed by atoms with Gasteiger partial charge in [0.2, 0.25) is 5.95 Å². The van der Waals surface area contributed by atoms with Crippen molar-refractivity contribution in [2.75, 3.05) is 38.7 Å². The van der Waals surface area contributed by atoms with Crippen molar-refractivity contribution in [3.63, 3.8) is 0 Å². The third kappa shape index (κ3) is 3.41. The van der Waals surface area contributed by atoms with Crippen molar-refractivity contribution in [2.45, 2.75) is 19.1 Å². The number of likely N-dealkylation sites (tertiary alicyclic amines) is 1. The summed E-state index contributed by atoms with van der Waals surface area (Å²) in [6, 6.07) is 8.89. The number of hydrogen-bond acceptors (Lipinski definition) is 7. The van der Waals surface area contributed by atoms with Gasteiger partial charge in [-0.1, -0.05) is 12.1 Å². The lowest BCUT2D eigenvalue weighted by Crippen LogP contribution is -2.56. The van der Waals surface area contributed by atoms with E-state index in [1.54, 1.807) is 7.11 Å². The lowest BCUT2D eigenvalue weighted by molar-refractivity contribution is 0.124. The fourth-order valence-electron chi connectivity index (χ4n) is 3.63. The van der Waals surface area contributed by atoms with E-state index in [2.05, 4.69) is 38.4 Å². The van der Waals surface area contributed by atoms with Gasteiger partial charge in [0, 0.05) is 37.4 Å². The van der Waals surface area contributed by atoms with E-state index in [4.69, 9.17) is 16.2 Å². The van der Waals surface area contributed by atoms with Crippen LogP contribution in [-0.2, 0) is 13.1 Å². The number of nitrogens with one attached hydrogen (secondary N) is 1. The van der Waals surface area contributed by atoms with Gasteiger partial charge in [-0.05, 0) is 24.7 Å². The third-order valence-electron chi connectivity index (χ3n) is 5.12. The van der Waals surface area contributed by atoms with Gasteiger partial charge in [0.1, 0.15) is 11.3 Å². The highest BCUT2D eigenvalue weighted by Crippen LogP contribution is 2.26. The Hall–Kier alpha value is -2.84. The molecule has 0 amide bonds. The molecule has 1 aliphatic rings. The molecule has 1 fully saturated rings. The van der Waals surface area contributed by atoms with Crippen LogP contribution in [0.3, 0.4) is 0 Å². The number of hydrogen-bond donors (Lipinski definition) is 3. The Balaban J connectivity index is 1.56. The van der Waals surface area contributed by atoms with Crippen LogP contribution >= 0.6 is 0 Å². The number of likely N-dealkylation sites (N-methyl/N-ethyl adjacent to an activating group) is 1. The fourth-order valence-corrected chi connectivity index (χ4v) is 3.63. The highest BCUT2D eigenvalue weighted by atomic mass is 16.5. The molecule has 0 bridgehead atoms. The minimum atomic E-state index is 0.186. The van der Waals surface area contributed by atoms with Gasteiger partial charge in [-0.3, -0.25) is 4.90 Å². The van der Waals surface area contributed by atoms with Crippen molar-refractivity contribution >= 4 is 22.8 Å². The van der Waals surface area contributed by atoms with E-state index in [1.165, 1.54) is 5.56 Å². The zero-order valence-corrected chi connectivity index (χ0v) is 15.6. The van der Waals surface area contributed by atoms with Gasteiger partial charge in [-0.25, -0.2) is 4.98 Å². The van der Waals surface area contributed by atoms with Gasteiger partial charge >= 0.3 is 0 Å². The predicted octanol–water partition coefficient (Wildman–Crippen LogP) is 1.06. The molecular weight excluding hydrogens is 342 g/mol. The molecule has 0 atom stereocenters. The molecule has 8 heteroatoms. The number of aromatic nitrogens is 3. The minimum absolute atomic E-state index is 0.186. The number of methoxy groups -OCH3 is 1. The second-order valence-electron chi connectivity index (χ2n) is 6.97. The van der Waals surface area contributed by atoms with Crippen molar-refractivity contribution in [3.05, 3.63) is 41.6 Å². The maximum Gasteiger partial charge on any atom is 0.222 e. The lowest BCUT2D eigenvalue weighted by Gasteiger charge is -2.39. The maximum atomic E-state index is 6.06. The normalized spacial score (nSPS) is 15.2. The monoisotopic (exact) mass is 367 g/mol. The largest absolute Gasteiger partial charge is 0.496 e. The van der Waals surface area contributed by atoms with Gasteiger partial charge in [0.05, 0.1) is 19.2 Å². The quantitative estimate of drug-likeness (QED) is 0.598. The Bertz CT molecular complexity index is 962. The molecule has 3 heterocycles. The average Bonchev–Trinajstić information content (AvgIpc) is 3.01. The molecular formula is C19H25N7O. The van der Waals surface area contributed by atoms with E-state index in [1.807, 2.05) is 23.9 Å². The Kier molecular flexibility index (Phi) is 4.59. The number of benzene rings is 1. The zero-order chi connectivity index (χ0) is 19.0. The number of nitrogens with zero attached hydrogens (tertiary/aromatic N) is 4. The number of ether oxygens (including phenoxy) is 1. The number of rotatable bonds is 6. The number of anilines is 2. The summed E-state index contributed by atoms with van der Waals surface area (Å²) in [5, 5.41) is 3.30. The van der Waals surface area contributed by atoms with Crippen LogP contribution in [0.15, 0.2) is 30.5 Å². The first kappa shape index (κ1) is 17.6. The molecule has 142 valence electrons. The van der Waals surface area contributed by atoms with Crippen LogP contribution in [0.5, 0.6) is 5.75 Å². The second-order valence-corrected chi connectivity index (χ2v) is 6.97. The van der Waals surface area contributed by atoms with Crippen molar-refractivity contribution < 1.29 is 4.74 Å². The van der Waals surface area contributed by atoms with Crippen LogP contribution in [0.4, 0.5) is 11.8 Å². The van der Waals surface area contributed by atoms with Crippen molar-refractivity contribution in [1.82, 2.24) is 24.8 Å². The third-order valence-corrected chi connectivity index (χ3v) is 5.12. The Labute approximate surface area is 158 Å². The molecule has 1 aliphatic heterocycles.